The molecule has 1 heterocycles. The number of hydrogen-bond donors (Lipinski definition) is 1. The van der Waals surface area contributed by atoms with Crippen LogP contribution in [0.15, 0.2) is 54.6 Å². The fourth-order valence-corrected chi connectivity index (χ4v) is 3.39. The SMILES string of the molecule is COc1cccc(Cn2c3cccc(C(N)=O)c3c3[c]ccc(F)c32)c1. The third-order valence-electron chi connectivity index (χ3n) is 4.51. The largest absolute Gasteiger partial charge is 0.497 e. The summed E-state index contributed by atoms with van der Waals surface area (Å²) in [6, 6.07) is 18.8. The Morgan fingerprint density at radius 2 is 2.04 bits per heavy atom. The molecule has 0 saturated carbocycles. The molecule has 0 unspecified atom stereocenters. The number of rotatable bonds is 4. The number of benzene rings is 3. The first-order valence-electron chi connectivity index (χ1n) is 8.14. The van der Waals surface area contributed by atoms with Gasteiger partial charge in [-0.2, -0.15) is 0 Å². The number of ether oxygens (including phenoxy) is 1. The van der Waals surface area contributed by atoms with Gasteiger partial charge in [0.2, 0.25) is 5.91 Å². The first kappa shape index (κ1) is 16.1. The van der Waals surface area contributed by atoms with Crippen LogP contribution in [0.5, 0.6) is 5.75 Å². The van der Waals surface area contributed by atoms with Gasteiger partial charge in [-0.3, -0.25) is 4.79 Å². The van der Waals surface area contributed by atoms with Crippen LogP contribution in [0.25, 0.3) is 21.8 Å². The number of nitrogens with zero attached hydrogens (tertiary/aromatic N) is 1. The number of aromatic nitrogens is 1. The topological polar surface area (TPSA) is 57.2 Å². The number of amides is 1. The fourth-order valence-electron chi connectivity index (χ4n) is 3.39. The molecule has 0 atom stereocenters. The lowest BCUT2D eigenvalue weighted by atomic mass is 10.1. The van der Waals surface area contributed by atoms with Crippen molar-refractivity contribution in [2.75, 3.05) is 7.11 Å². The Labute approximate surface area is 149 Å². The van der Waals surface area contributed by atoms with Gasteiger partial charge in [0, 0.05) is 22.9 Å². The second kappa shape index (κ2) is 6.19. The minimum atomic E-state index is -0.548. The smallest absolute Gasteiger partial charge is 0.249 e. The van der Waals surface area contributed by atoms with E-state index in [4.69, 9.17) is 10.5 Å². The molecule has 0 fully saturated rings. The van der Waals surface area contributed by atoms with Crippen LogP contribution in [0.3, 0.4) is 0 Å². The molecule has 0 aliphatic heterocycles. The summed E-state index contributed by atoms with van der Waals surface area (Å²) in [7, 11) is 1.60. The van der Waals surface area contributed by atoms with Crippen molar-refractivity contribution in [2.45, 2.75) is 6.54 Å². The highest BCUT2D eigenvalue weighted by Gasteiger charge is 2.19. The van der Waals surface area contributed by atoms with Gasteiger partial charge in [-0.15, -0.1) is 0 Å². The zero-order valence-electron chi connectivity index (χ0n) is 14.1. The molecule has 5 heteroatoms. The summed E-state index contributed by atoms with van der Waals surface area (Å²) in [6.45, 7) is 0.425. The molecule has 0 bridgehead atoms. The van der Waals surface area contributed by atoms with Gasteiger partial charge in [-0.25, -0.2) is 4.39 Å². The van der Waals surface area contributed by atoms with E-state index in [1.165, 1.54) is 12.1 Å². The zero-order valence-corrected chi connectivity index (χ0v) is 14.1. The van der Waals surface area contributed by atoms with Gasteiger partial charge in [-0.1, -0.05) is 24.3 Å². The van der Waals surface area contributed by atoms with Crippen molar-refractivity contribution in [3.63, 3.8) is 0 Å². The second-order valence-corrected chi connectivity index (χ2v) is 6.05. The van der Waals surface area contributed by atoms with Crippen LogP contribution in [0, 0.1) is 11.9 Å². The Morgan fingerprint density at radius 3 is 2.81 bits per heavy atom. The van der Waals surface area contributed by atoms with E-state index in [1.54, 1.807) is 19.2 Å². The van der Waals surface area contributed by atoms with Crippen LogP contribution in [0.2, 0.25) is 0 Å². The zero-order chi connectivity index (χ0) is 18.3. The number of carbonyl (C=O) groups excluding carboxylic acids is 1. The van der Waals surface area contributed by atoms with Crippen molar-refractivity contribution in [3.8, 4) is 5.75 Å². The van der Waals surface area contributed by atoms with E-state index in [1.807, 2.05) is 34.9 Å². The summed E-state index contributed by atoms with van der Waals surface area (Å²) in [5, 5.41) is 1.18. The molecular formula is C21H16FN2O2. The lowest BCUT2D eigenvalue weighted by molar-refractivity contribution is 0.100. The molecule has 0 saturated heterocycles. The molecule has 0 aliphatic rings. The number of halogens is 1. The summed E-state index contributed by atoms with van der Waals surface area (Å²) < 4.78 is 21.8. The third-order valence-corrected chi connectivity index (χ3v) is 4.51. The van der Waals surface area contributed by atoms with Crippen LogP contribution in [0.4, 0.5) is 4.39 Å². The molecule has 3 aromatic carbocycles. The fraction of sp³-hybridized carbons (Fsp3) is 0.0952. The molecule has 26 heavy (non-hydrogen) atoms. The van der Waals surface area contributed by atoms with E-state index >= 15 is 0 Å². The lowest BCUT2D eigenvalue weighted by Crippen LogP contribution is -2.11. The van der Waals surface area contributed by atoms with Gasteiger partial charge in [-0.05, 0) is 42.0 Å². The molecule has 1 radical (unpaired) electrons. The standard InChI is InChI=1S/C21H16FN2O2/c1-26-14-6-2-5-13(11-14)12-24-18-10-4-8-16(21(23)25)19(18)15-7-3-9-17(22)20(15)24/h2-6,8-11H,12H2,1H3,(H2,23,25). The van der Waals surface area contributed by atoms with Gasteiger partial charge < -0.3 is 15.0 Å². The van der Waals surface area contributed by atoms with Gasteiger partial charge >= 0.3 is 0 Å². The van der Waals surface area contributed by atoms with E-state index in [0.717, 1.165) is 16.8 Å². The Balaban J connectivity index is 2.03. The summed E-state index contributed by atoms with van der Waals surface area (Å²) in [5.41, 5.74) is 7.99. The number of nitrogens with two attached hydrogens (primary N) is 1. The van der Waals surface area contributed by atoms with E-state index < -0.39 is 5.91 Å². The molecule has 4 rings (SSSR count). The minimum Gasteiger partial charge on any atom is -0.497 e. The Kier molecular flexibility index (Phi) is 3.84. The maximum Gasteiger partial charge on any atom is 0.249 e. The average Bonchev–Trinajstić information content (AvgIpc) is 2.97. The lowest BCUT2D eigenvalue weighted by Gasteiger charge is -2.10. The molecule has 1 aromatic heterocycles. The van der Waals surface area contributed by atoms with Crippen LogP contribution < -0.4 is 10.5 Å². The van der Waals surface area contributed by atoms with Crippen molar-refractivity contribution >= 4 is 27.7 Å². The van der Waals surface area contributed by atoms with Crippen molar-refractivity contribution in [3.05, 3.63) is 77.6 Å². The van der Waals surface area contributed by atoms with Crippen molar-refractivity contribution in [1.29, 1.82) is 0 Å². The number of fused-ring (bicyclic) bond motifs is 3. The molecule has 4 nitrogen and oxygen atoms in total. The number of methoxy groups -OCH3 is 1. The van der Waals surface area contributed by atoms with Crippen LogP contribution >= 0.6 is 0 Å². The summed E-state index contributed by atoms with van der Waals surface area (Å²) in [6.07, 6.45) is 0. The average molecular weight is 347 g/mol. The Morgan fingerprint density at radius 1 is 1.23 bits per heavy atom. The van der Waals surface area contributed by atoms with E-state index in [0.29, 0.717) is 28.4 Å². The predicted molar refractivity (Wildman–Crippen MR) is 98.9 cm³/mol. The maximum absolute atomic E-state index is 14.7. The quantitative estimate of drug-likeness (QED) is 0.609. The molecule has 0 aliphatic carbocycles. The Hall–Kier alpha value is -3.34. The molecule has 129 valence electrons. The Bertz CT molecular complexity index is 1150. The second-order valence-electron chi connectivity index (χ2n) is 6.05. The predicted octanol–water partition coefficient (Wildman–Crippen LogP) is 3.89. The van der Waals surface area contributed by atoms with E-state index in [2.05, 4.69) is 6.07 Å². The van der Waals surface area contributed by atoms with Gasteiger partial charge in [0.1, 0.15) is 11.6 Å². The number of hydrogen-bond acceptors (Lipinski definition) is 2. The van der Waals surface area contributed by atoms with Gasteiger partial charge in [0.25, 0.3) is 0 Å². The molecular weight excluding hydrogens is 331 g/mol. The molecule has 0 spiro atoms. The van der Waals surface area contributed by atoms with Crippen LogP contribution in [-0.2, 0) is 6.54 Å². The van der Waals surface area contributed by atoms with Gasteiger partial charge in [0.15, 0.2) is 0 Å². The monoisotopic (exact) mass is 347 g/mol. The number of carbonyl (C=O) groups is 1. The molecule has 2 N–H and O–H groups in total. The summed E-state index contributed by atoms with van der Waals surface area (Å²) >= 11 is 0. The maximum atomic E-state index is 14.7. The minimum absolute atomic E-state index is 0.360. The van der Waals surface area contributed by atoms with Crippen molar-refractivity contribution in [2.24, 2.45) is 5.73 Å². The highest BCUT2D eigenvalue weighted by molar-refractivity contribution is 6.17. The normalized spacial score (nSPS) is 11.2. The highest BCUT2D eigenvalue weighted by Crippen LogP contribution is 2.33. The summed E-state index contributed by atoms with van der Waals surface area (Å²) in [5.74, 6) is -0.185. The van der Waals surface area contributed by atoms with E-state index in [-0.39, 0.29) is 5.82 Å². The van der Waals surface area contributed by atoms with Crippen LogP contribution in [0.1, 0.15) is 15.9 Å². The third kappa shape index (κ3) is 2.49. The first-order valence-corrected chi connectivity index (χ1v) is 8.14. The molecule has 1 amide bonds. The van der Waals surface area contributed by atoms with Crippen LogP contribution in [-0.4, -0.2) is 17.6 Å². The van der Waals surface area contributed by atoms with E-state index in [9.17, 15) is 9.18 Å². The van der Waals surface area contributed by atoms with Crippen molar-refractivity contribution in [1.82, 2.24) is 4.57 Å². The van der Waals surface area contributed by atoms with Gasteiger partial charge in [0.05, 0.1) is 18.1 Å². The number of primary amides is 1. The summed E-state index contributed by atoms with van der Waals surface area (Å²) in [4.78, 5) is 11.9. The van der Waals surface area contributed by atoms with Crippen molar-refractivity contribution < 1.29 is 13.9 Å². The highest BCUT2D eigenvalue weighted by atomic mass is 19.1. The molecule has 4 aromatic rings. The first-order chi connectivity index (χ1) is 12.6.